The van der Waals surface area contributed by atoms with Crippen molar-refractivity contribution in [3.05, 3.63) is 51.5 Å². The minimum atomic E-state index is -1.16. The van der Waals surface area contributed by atoms with Crippen LogP contribution in [0.2, 0.25) is 0 Å². The van der Waals surface area contributed by atoms with Gasteiger partial charge in [0.2, 0.25) is 0 Å². The number of carbonyl (C=O) groups excluding carboxylic acids is 1. The molecule has 0 radical (unpaired) electrons. The monoisotopic (exact) mass is 313 g/mol. The van der Waals surface area contributed by atoms with E-state index in [0.29, 0.717) is 4.88 Å². The number of amides is 1. The number of carboxylic acid groups (broad SMARTS) is 1. The summed E-state index contributed by atoms with van der Waals surface area (Å²) >= 11 is 1.31. The van der Waals surface area contributed by atoms with Crippen LogP contribution in [0.15, 0.2) is 35.3 Å². The van der Waals surface area contributed by atoms with Gasteiger partial charge in [0.1, 0.15) is 11.6 Å². The topological polar surface area (TPSA) is 103 Å². The minimum Gasteiger partial charge on any atom is -0.478 e. The van der Waals surface area contributed by atoms with Gasteiger partial charge in [-0.2, -0.15) is 5.26 Å². The fourth-order valence-electron chi connectivity index (χ4n) is 1.70. The van der Waals surface area contributed by atoms with Crippen molar-refractivity contribution >= 4 is 35.0 Å². The lowest BCUT2D eigenvalue weighted by molar-refractivity contribution is -0.112. The molecular weight excluding hydrogens is 302 g/mol. The number of para-hydroxylation sites is 1. The van der Waals surface area contributed by atoms with E-state index in [0.717, 1.165) is 5.69 Å². The van der Waals surface area contributed by atoms with E-state index in [9.17, 15) is 9.59 Å². The zero-order chi connectivity index (χ0) is 16.1. The molecule has 0 spiro atoms. The molecule has 22 heavy (non-hydrogen) atoms. The molecule has 0 saturated carbocycles. The Kier molecular flexibility index (Phi) is 4.66. The molecule has 1 heterocycles. The van der Waals surface area contributed by atoms with Crippen molar-refractivity contribution in [3.63, 3.8) is 0 Å². The zero-order valence-electron chi connectivity index (χ0n) is 11.5. The average Bonchev–Trinajstić information content (AvgIpc) is 2.90. The van der Waals surface area contributed by atoms with Gasteiger partial charge in [-0.05, 0) is 25.1 Å². The van der Waals surface area contributed by atoms with Gasteiger partial charge in [-0.3, -0.25) is 4.79 Å². The van der Waals surface area contributed by atoms with Gasteiger partial charge in [0, 0.05) is 0 Å². The van der Waals surface area contributed by atoms with E-state index in [-0.39, 0.29) is 16.8 Å². The quantitative estimate of drug-likeness (QED) is 0.667. The Hall–Kier alpha value is -2.98. The summed E-state index contributed by atoms with van der Waals surface area (Å²) in [5.74, 6) is -1.82. The molecule has 1 amide bonds. The number of nitrogens with zero attached hydrogens (tertiary/aromatic N) is 2. The number of anilines is 1. The number of nitrogens with one attached hydrogen (secondary N) is 1. The lowest BCUT2D eigenvalue weighted by Crippen LogP contribution is -2.16. The molecule has 2 N–H and O–H groups in total. The van der Waals surface area contributed by atoms with Crippen molar-refractivity contribution in [1.82, 2.24) is 4.98 Å². The van der Waals surface area contributed by atoms with E-state index < -0.39 is 11.9 Å². The summed E-state index contributed by atoms with van der Waals surface area (Å²) in [6, 6.07) is 7.82. The molecule has 0 aliphatic heterocycles. The number of thiazole rings is 1. The van der Waals surface area contributed by atoms with E-state index in [1.54, 1.807) is 24.6 Å². The highest BCUT2D eigenvalue weighted by Gasteiger charge is 2.15. The fourth-order valence-corrected chi connectivity index (χ4v) is 2.43. The molecule has 2 aromatic rings. The summed E-state index contributed by atoms with van der Waals surface area (Å²) in [6.45, 7) is 1.77. The van der Waals surface area contributed by atoms with Crippen molar-refractivity contribution in [2.45, 2.75) is 6.92 Å². The van der Waals surface area contributed by atoms with Gasteiger partial charge in [0.25, 0.3) is 5.91 Å². The third-order valence-electron chi connectivity index (χ3n) is 2.83. The summed E-state index contributed by atoms with van der Waals surface area (Å²) in [5, 5.41) is 20.7. The first-order chi connectivity index (χ1) is 10.5. The number of carboxylic acids is 1. The molecule has 0 atom stereocenters. The van der Waals surface area contributed by atoms with Gasteiger partial charge in [-0.25, -0.2) is 9.78 Å². The van der Waals surface area contributed by atoms with Crippen molar-refractivity contribution in [2.75, 3.05) is 5.32 Å². The van der Waals surface area contributed by atoms with Crippen molar-refractivity contribution in [1.29, 1.82) is 5.26 Å². The Balaban J connectivity index is 2.29. The van der Waals surface area contributed by atoms with Gasteiger partial charge in [-0.15, -0.1) is 11.3 Å². The van der Waals surface area contributed by atoms with Crippen LogP contribution in [0, 0.1) is 18.3 Å². The summed E-state index contributed by atoms with van der Waals surface area (Å²) in [7, 11) is 0. The second-order valence-electron chi connectivity index (χ2n) is 4.28. The molecule has 110 valence electrons. The van der Waals surface area contributed by atoms with Crippen LogP contribution in [0.4, 0.5) is 5.69 Å². The first-order valence-electron chi connectivity index (χ1n) is 6.18. The third kappa shape index (κ3) is 3.37. The van der Waals surface area contributed by atoms with Crippen molar-refractivity contribution < 1.29 is 14.7 Å². The first-order valence-corrected chi connectivity index (χ1v) is 7.06. The maximum absolute atomic E-state index is 12.1. The summed E-state index contributed by atoms with van der Waals surface area (Å²) in [5.41, 5.74) is 2.32. The maximum atomic E-state index is 12.1. The van der Waals surface area contributed by atoms with Crippen LogP contribution in [-0.4, -0.2) is 22.0 Å². The SMILES string of the molecule is Cc1ncsc1C=C(C#N)C(=O)Nc1ccccc1C(=O)O. The van der Waals surface area contributed by atoms with Crippen molar-refractivity contribution in [2.24, 2.45) is 0 Å². The summed E-state index contributed by atoms with van der Waals surface area (Å²) in [6.07, 6.45) is 1.44. The lowest BCUT2D eigenvalue weighted by Gasteiger charge is -2.07. The average molecular weight is 313 g/mol. The van der Waals surface area contributed by atoms with Crippen LogP contribution in [0.25, 0.3) is 6.08 Å². The molecule has 0 fully saturated rings. The minimum absolute atomic E-state index is 0.0397. The molecule has 0 aliphatic carbocycles. The van der Waals surface area contributed by atoms with Crippen LogP contribution < -0.4 is 5.32 Å². The Labute approximate surface area is 130 Å². The molecule has 0 aliphatic rings. The Morgan fingerprint density at radius 1 is 1.41 bits per heavy atom. The summed E-state index contributed by atoms with van der Waals surface area (Å²) in [4.78, 5) is 28.0. The number of carbonyl (C=O) groups is 2. The second kappa shape index (κ2) is 6.65. The molecule has 7 heteroatoms. The smallest absolute Gasteiger partial charge is 0.337 e. The number of aromatic nitrogens is 1. The number of benzene rings is 1. The van der Waals surface area contributed by atoms with Gasteiger partial charge in [0.15, 0.2) is 0 Å². The number of aromatic carboxylic acids is 1. The molecule has 1 aromatic heterocycles. The fraction of sp³-hybridized carbons (Fsp3) is 0.0667. The van der Waals surface area contributed by atoms with Crippen LogP contribution >= 0.6 is 11.3 Å². The second-order valence-corrected chi connectivity index (χ2v) is 5.16. The molecule has 0 saturated heterocycles. The predicted octanol–water partition coefficient (Wildman–Crippen LogP) is 2.70. The predicted molar refractivity (Wildman–Crippen MR) is 82.5 cm³/mol. The molecule has 2 rings (SSSR count). The number of hydrogen-bond donors (Lipinski definition) is 2. The van der Waals surface area contributed by atoms with Gasteiger partial charge in [-0.1, -0.05) is 12.1 Å². The van der Waals surface area contributed by atoms with E-state index in [2.05, 4.69) is 10.3 Å². The highest BCUT2D eigenvalue weighted by atomic mass is 32.1. The molecule has 0 bridgehead atoms. The number of nitriles is 1. The van der Waals surface area contributed by atoms with Gasteiger partial charge in [0.05, 0.1) is 27.3 Å². The van der Waals surface area contributed by atoms with E-state index in [4.69, 9.17) is 10.4 Å². The van der Waals surface area contributed by atoms with Gasteiger partial charge < -0.3 is 10.4 Å². The number of aryl methyl sites for hydroxylation is 1. The lowest BCUT2D eigenvalue weighted by atomic mass is 10.1. The van der Waals surface area contributed by atoms with E-state index in [1.807, 2.05) is 6.07 Å². The Morgan fingerprint density at radius 3 is 2.73 bits per heavy atom. The zero-order valence-corrected chi connectivity index (χ0v) is 12.3. The highest BCUT2D eigenvalue weighted by Crippen LogP contribution is 2.19. The largest absolute Gasteiger partial charge is 0.478 e. The Bertz CT molecular complexity index is 802. The highest BCUT2D eigenvalue weighted by molar-refractivity contribution is 7.10. The first kappa shape index (κ1) is 15.4. The van der Waals surface area contributed by atoms with E-state index >= 15 is 0 Å². The standard InChI is InChI=1S/C15H11N3O3S/c1-9-13(22-8-17-9)6-10(7-16)14(19)18-12-5-3-2-4-11(12)15(20)21/h2-6,8H,1H3,(H,18,19)(H,20,21). The molecule has 0 unspecified atom stereocenters. The maximum Gasteiger partial charge on any atom is 0.337 e. The van der Waals surface area contributed by atoms with Crippen molar-refractivity contribution in [3.8, 4) is 6.07 Å². The molecule has 1 aromatic carbocycles. The van der Waals surface area contributed by atoms with Crippen LogP contribution in [-0.2, 0) is 4.79 Å². The summed E-state index contributed by atoms with van der Waals surface area (Å²) < 4.78 is 0. The number of rotatable bonds is 4. The normalized spacial score (nSPS) is 10.8. The third-order valence-corrected chi connectivity index (χ3v) is 3.71. The number of hydrogen-bond acceptors (Lipinski definition) is 5. The molecular formula is C15H11N3O3S. The Morgan fingerprint density at radius 2 is 2.14 bits per heavy atom. The van der Waals surface area contributed by atoms with Crippen LogP contribution in [0.5, 0.6) is 0 Å². The van der Waals surface area contributed by atoms with Crippen LogP contribution in [0.1, 0.15) is 20.9 Å². The van der Waals surface area contributed by atoms with Crippen LogP contribution in [0.3, 0.4) is 0 Å². The van der Waals surface area contributed by atoms with Gasteiger partial charge >= 0.3 is 5.97 Å². The molecule has 6 nitrogen and oxygen atoms in total. The van der Waals surface area contributed by atoms with E-state index in [1.165, 1.54) is 29.5 Å².